The van der Waals surface area contributed by atoms with Crippen molar-refractivity contribution in [3.8, 4) is 0 Å². The second kappa shape index (κ2) is 48.5. The zero-order chi connectivity index (χ0) is 48.5. The maximum Gasteiger partial charge on any atom is 0.268 e. The van der Waals surface area contributed by atoms with Crippen molar-refractivity contribution in [1.29, 1.82) is 0 Å². The highest BCUT2D eigenvalue weighted by molar-refractivity contribution is 7.45. The number of nitrogens with one attached hydrogen (secondary N) is 1. The summed E-state index contributed by atoms with van der Waals surface area (Å²) in [6.07, 6.45) is 63.6. The number of unbranched alkanes of at least 4 members (excludes halogenated alkanes) is 32. The molecule has 0 spiro atoms. The molecule has 2 N–H and O–H groups in total. The van der Waals surface area contributed by atoms with Gasteiger partial charge in [0.25, 0.3) is 7.82 Å². The van der Waals surface area contributed by atoms with E-state index in [0.29, 0.717) is 17.4 Å². The van der Waals surface area contributed by atoms with Crippen LogP contribution in [0, 0.1) is 0 Å². The van der Waals surface area contributed by atoms with Crippen LogP contribution >= 0.6 is 7.82 Å². The van der Waals surface area contributed by atoms with Gasteiger partial charge in [-0.15, -0.1) is 0 Å². The van der Waals surface area contributed by atoms with Gasteiger partial charge in [0, 0.05) is 6.42 Å². The predicted molar refractivity (Wildman–Crippen MR) is 284 cm³/mol. The fraction of sp³-hybridized carbons (Fsp3) is 0.842. The minimum atomic E-state index is -4.60. The molecule has 0 saturated carbocycles. The Kier molecular flexibility index (Phi) is 47.4. The van der Waals surface area contributed by atoms with Crippen LogP contribution < -0.4 is 10.2 Å². The molecule has 0 aliphatic rings. The molecule has 0 rings (SSSR count). The van der Waals surface area contributed by atoms with Gasteiger partial charge < -0.3 is 28.8 Å². The van der Waals surface area contributed by atoms with Crippen molar-refractivity contribution in [3.63, 3.8) is 0 Å². The number of carbonyl (C=O) groups excluding carboxylic acids is 1. The summed E-state index contributed by atoms with van der Waals surface area (Å²) in [6, 6.07) is -0.907. The van der Waals surface area contributed by atoms with Gasteiger partial charge in [-0.1, -0.05) is 236 Å². The smallest absolute Gasteiger partial charge is 0.268 e. The Hall–Kier alpha value is -1.54. The van der Waals surface area contributed by atoms with Gasteiger partial charge in [-0.2, -0.15) is 0 Å². The predicted octanol–water partition coefficient (Wildman–Crippen LogP) is 16.1. The summed E-state index contributed by atoms with van der Waals surface area (Å²) < 4.78 is 23.2. The van der Waals surface area contributed by atoms with Gasteiger partial charge in [0.1, 0.15) is 13.2 Å². The minimum absolute atomic E-state index is 0.00885. The van der Waals surface area contributed by atoms with E-state index in [4.69, 9.17) is 9.05 Å². The third-order valence-corrected chi connectivity index (χ3v) is 13.4. The second-order valence-electron chi connectivity index (χ2n) is 20.3. The Bertz CT molecular complexity index is 1210. The molecule has 0 aliphatic carbocycles. The minimum Gasteiger partial charge on any atom is -0.756 e. The highest BCUT2D eigenvalue weighted by Gasteiger charge is 2.23. The molecular weight excluding hydrogens is 840 g/mol. The van der Waals surface area contributed by atoms with Crippen molar-refractivity contribution in [1.82, 2.24) is 5.32 Å². The van der Waals surface area contributed by atoms with E-state index < -0.39 is 26.6 Å². The fourth-order valence-corrected chi connectivity index (χ4v) is 8.79. The Labute approximate surface area is 409 Å². The Balaban J connectivity index is 3.97. The molecule has 0 aromatic carbocycles. The summed E-state index contributed by atoms with van der Waals surface area (Å²) >= 11 is 0. The normalized spacial score (nSPS) is 14.3. The van der Waals surface area contributed by atoms with Crippen molar-refractivity contribution in [2.75, 3.05) is 40.9 Å². The number of hydrogen-bond acceptors (Lipinski definition) is 6. The van der Waals surface area contributed by atoms with E-state index in [1.807, 2.05) is 27.2 Å². The molecule has 8 nitrogen and oxygen atoms in total. The summed E-state index contributed by atoms with van der Waals surface area (Å²) in [5.74, 6) is -0.210. The van der Waals surface area contributed by atoms with Crippen LogP contribution in [0.3, 0.4) is 0 Å². The Morgan fingerprint density at radius 2 is 0.879 bits per heavy atom. The molecule has 66 heavy (non-hydrogen) atoms. The number of likely N-dealkylation sites (N-methyl/N-ethyl adjacent to an activating group) is 1. The largest absolute Gasteiger partial charge is 0.756 e. The first-order valence-corrected chi connectivity index (χ1v) is 29.5. The first-order valence-electron chi connectivity index (χ1n) is 28.0. The number of allylic oxidation sites excluding steroid dienone is 7. The van der Waals surface area contributed by atoms with Gasteiger partial charge in [-0.05, 0) is 64.2 Å². The van der Waals surface area contributed by atoms with Crippen molar-refractivity contribution < 1.29 is 32.9 Å². The maximum atomic E-state index is 12.9. The highest BCUT2D eigenvalue weighted by atomic mass is 31.2. The molecular formula is C57H109N2O6P. The molecule has 0 heterocycles. The summed E-state index contributed by atoms with van der Waals surface area (Å²) in [6.45, 7) is 4.55. The zero-order valence-corrected chi connectivity index (χ0v) is 45.0. The van der Waals surface area contributed by atoms with Crippen LogP contribution in [0.1, 0.15) is 258 Å². The van der Waals surface area contributed by atoms with E-state index in [2.05, 4.69) is 55.6 Å². The number of hydrogen-bond donors (Lipinski definition) is 2. The first kappa shape index (κ1) is 64.5. The van der Waals surface area contributed by atoms with Gasteiger partial charge >= 0.3 is 0 Å². The summed E-state index contributed by atoms with van der Waals surface area (Å²) in [5, 5.41) is 13.8. The van der Waals surface area contributed by atoms with Crippen LogP contribution in [0.15, 0.2) is 48.6 Å². The molecule has 0 fully saturated rings. The van der Waals surface area contributed by atoms with Crippen LogP contribution in [-0.2, 0) is 18.4 Å². The average Bonchev–Trinajstić information content (AvgIpc) is 3.28. The number of aliphatic hydroxyl groups excluding tert-OH is 1. The van der Waals surface area contributed by atoms with Gasteiger partial charge in [-0.25, -0.2) is 0 Å². The lowest BCUT2D eigenvalue weighted by molar-refractivity contribution is -0.870. The molecule has 1 amide bonds. The molecule has 0 saturated heterocycles. The maximum absolute atomic E-state index is 12.9. The molecule has 3 unspecified atom stereocenters. The number of amides is 1. The fourth-order valence-electron chi connectivity index (χ4n) is 8.07. The third-order valence-electron chi connectivity index (χ3n) is 12.5. The van der Waals surface area contributed by atoms with Crippen molar-refractivity contribution in [3.05, 3.63) is 48.6 Å². The van der Waals surface area contributed by atoms with Gasteiger partial charge in [0.2, 0.25) is 5.91 Å². The molecule has 0 aromatic rings. The quantitative estimate of drug-likeness (QED) is 0.0272. The summed E-state index contributed by atoms with van der Waals surface area (Å²) in [7, 11) is 1.24. The Morgan fingerprint density at radius 3 is 1.29 bits per heavy atom. The summed E-state index contributed by atoms with van der Waals surface area (Å²) in [5.41, 5.74) is 0. The molecule has 3 atom stereocenters. The van der Waals surface area contributed by atoms with E-state index in [1.165, 1.54) is 186 Å². The molecule has 0 aromatic heterocycles. The van der Waals surface area contributed by atoms with E-state index in [9.17, 15) is 19.4 Å². The molecule has 0 bridgehead atoms. The number of aliphatic hydroxyl groups is 1. The first-order chi connectivity index (χ1) is 32.0. The van der Waals surface area contributed by atoms with E-state index in [0.717, 1.165) is 51.4 Å². The second-order valence-corrected chi connectivity index (χ2v) is 21.7. The lowest BCUT2D eigenvalue weighted by Gasteiger charge is -2.29. The van der Waals surface area contributed by atoms with Gasteiger partial charge in [0.05, 0.1) is 39.9 Å². The van der Waals surface area contributed by atoms with E-state index in [-0.39, 0.29) is 12.5 Å². The van der Waals surface area contributed by atoms with Crippen LogP contribution in [0.5, 0.6) is 0 Å². The van der Waals surface area contributed by atoms with Crippen molar-refractivity contribution >= 4 is 13.7 Å². The summed E-state index contributed by atoms with van der Waals surface area (Å²) in [4.78, 5) is 25.4. The lowest BCUT2D eigenvalue weighted by atomic mass is 10.0. The van der Waals surface area contributed by atoms with Crippen LogP contribution in [0.4, 0.5) is 0 Å². The van der Waals surface area contributed by atoms with Crippen LogP contribution in [0.25, 0.3) is 0 Å². The van der Waals surface area contributed by atoms with E-state index in [1.54, 1.807) is 6.08 Å². The monoisotopic (exact) mass is 949 g/mol. The molecule has 388 valence electrons. The van der Waals surface area contributed by atoms with Crippen LogP contribution in [-0.4, -0.2) is 68.5 Å². The Morgan fingerprint density at radius 1 is 0.515 bits per heavy atom. The number of nitrogens with zero attached hydrogens (tertiary/aromatic N) is 1. The van der Waals surface area contributed by atoms with Crippen LogP contribution in [0.2, 0.25) is 0 Å². The third kappa shape index (κ3) is 50.3. The average molecular weight is 949 g/mol. The standard InChI is InChI=1S/C57H109N2O6P/c1-6-8-10-12-14-16-18-19-20-21-22-23-24-25-26-27-28-29-30-31-32-33-34-35-36-37-38-39-41-43-45-47-49-51-57(61)58-55(54-65-66(62,63)64-53-52-59(3,4)5)56(60)50-48-46-44-42-40-17-15-13-11-9-7-2/h11,13,21-22,40,42,48,50,55-56,60H,6-10,12,14-20,23-39,41,43-47,49,51-54H2,1-5H3,(H-,58,61,62,63)/b13-11+,22-21-,42-40+,50-48+. The SMILES string of the molecule is CCC/C=C/CC/C=C/CC/C=C/C(O)C(COP(=O)([O-])OCC[N+](C)(C)C)NC(=O)CCCCCCCCCCCCCCCCCCCCCCC/C=C\CCCCCCCCCC. The van der Waals surface area contributed by atoms with Crippen molar-refractivity contribution in [2.24, 2.45) is 0 Å². The van der Waals surface area contributed by atoms with Gasteiger partial charge in [-0.3, -0.25) is 9.36 Å². The van der Waals surface area contributed by atoms with Gasteiger partial charge in [0.15, 0.2) is 0 Å². The van der Waals surface area contributed by atoms with Crippen molar-refractivity contribution in [2.45, 2.75) is 270 Å². The number of phosphoric ester groups is 1. The topological polar surface area (TPSA) is 108 Å². The lowest BCUT2D eigenvalue weighted by Crippen LogP contribution is -2.45. The number of carbonyl (C=O) groups is 1. The number of rotatable bonds is 51. The van der Waals surface area contributed by atoms with E-state index >= 15 is 0 Å². The number of quaternary nitrogens is 1. The zero-order valence-electron chi connectivity index (χ0n) is 44.1. The molecule has 0 radical (unpaired) electrons. The highest BCUT2D eigenvalue weighted by Crippen LogP contribution is 2.38. The number of phosphoric acid groups is 1. The molecule has 9 heteroatoms. The molecule has 0 aliphatic heterocycles.